The zero-order chi connectivity index (χ0) is 41.8. The van der Waals surface area contributed by atoms with E-state index in [9.17, 15) is 25.2 Å². The molecule has 1 saturated carbocycles. The van der Waals surface area contributed by atoms with Gasteiger partial charge in [-0.25, -0.2) is 9.97 Å². The van der Waals surface area contributed by atoms with Crippen LogP contribution in [0.4, 0.5) is 17.7 Å². The van der Waals surface area contributed by atoms with Crippen LogP contribution in [0.1, 0.15) is 68.3 Å². The van der Waals surface area contributed by atoms with Crippen LogP contribution < -0.4 is 16.0 Å². The van der Waals surface area contributed by atoms with Crippen molar-refractivity contribution in [3.8, 4) is 0 Å². The number of aromatic nitrogens is 8. The third kappa shape index (κ3) is 6.92. The number of aliphatic hydroxyl groups excluding tert-OH is 4. The lowest BCUT2D eigenvalue weighted by molar-refractivity contribution is -0.225. The number of carbonyl (C=O) groups excluding carboxylic acids is 1. The van der Waals surface area contributed by atoms with Crippen molar-refractivity contribution < 1.29 is 44.2 Å². The summed E-state index contributed by atoms with van der Waals surface area (Å²) in [6.45, 7) is 4.50. The van der Waals surface area contributed by atoms with Gasteiger partial charge in [-0.2, -0.15) is 19.9 Å². The number of aliphatic hydroxyl groups is 4. The van der Waals surface area contributed by atoms with Crippen LogP contribution in [0.5, 0.6) is 0 Å². The van der Waals surface area contributed by atoms with Gasteiger partial charge in [0.1, 0.15) is 41.1 Å². The summed E-state index contributed by atoms with van der Waals surface area (Å²) < 4.78 is 26.5. The van der Waals surface area contributed by atoms with Crippen molar-refractivity contribution in [1.29, 1.82) is 0 Å². The first-order chi connectivity index (χ1) is 29.1. The Morgan fingerprint density at radius 3 is 1.87 bits per heavy atom. The highest BCUT2D eigenvalue weighted by Gasteiger charge is 2.63. The molecule has 1 amide bonds. The number of amides is 1. The lowest BCUT2D eigenvalue weighted by Gasteiger charge is -2.44. The van der Waals surface area contributed by atoms with Crippen LogP contribution in [-0.4, -0.2) is 141 Å². The molecule has 320 valence electrons. The molecule has 6 unspecified atom stereocenters. The second kappa shape index (κ2) is 16.3. The molecule has 8 atom stereocenters. The van der Waals surface area contributed by atoms with Crippen molar-refractivity contribution in [3.63, 3.8) is 0 Å². The van der Waals surface area contributed by atoms with Crippen molar-refractivity contribution in [1.82, 2.24) is 39.0 Å². The molecule has 6 aliphatic rings. The number of nitrogens with zero attached hydrogens (tertiary/aromatic N) is 9. The molecule has 60 heavy (non-hydrogen) atoms. The second-order valence-corrected chi connectivity index (χ2v) is 16.4. The van der Waals surface area contributed by atoms with Crippen LogP contribution in [-0.2, 0) is 18.9 Å². The normalized spacial score (nSPS) is 30.5. The molecule has 7 N–H and O–H groups in total. The molecule has 11 rings (SSSR count). The first kappa shape index (κ1) is 40.7. The molecule has 21 heteroatoms. The topological polar surface area (TPSA) is 263 Å². The summed E-state index contributed by atoms with van der Waals surface area (Å²) in [6.07, 6.45) is 5.00. The number of fused-ring (bicyclic) bond motifs is 2. The van der Waals surface area contributed by atoms with Crippen LogP contribution in [0.25, 0.3) is 22.3 Å². The van der Waals surface area contributed by atoms with Gasteiger partial charge in [0, 0.05) is 31.5 Å². The molecule has 5 saturated heterocycles. The minimum absolute atomic E-state index is 0.00364. The average Bonchev–Trinajstić information content (AvgIpc) is 3.94. The minimum Gasteiger partial charge on any atom is -0.394 e. The van der Waals surface area contributed by atoms with Crippen LogP contribution in [0.2, 0.25) is 5.15 Å². The molecule has 2 spiro atoms. The van der Waals surface area contributed by atoms with Crippen LogP contribution >= 0.6 is 11.6 Å². The van der Waals surface area contributed by atoms with Gasteiger partial charge < -0.3 is 50.0 Å². The molecule has 5 aromatic rings. The summed E-state index contributed by atoms with van der Waals surface area (Å²) in [6, 6.07) is 8.64. The van der Waals surface area contributed by atoms with Crippen LogP contribution in [0, 0.1) is 5.92 Å². The lowest BCUT2D eigenvalue weighted by Crippen LogP contribution is -2.56. The zero-order valence-electron chi connectivity index (χ0n) is 32.9. The number of rotatable bonds is 7. The highest BCUT2D eigenvalue weighted by atomic mass is 35.5. The first-order valence-corrected chi connectivity index (χ1v) is 20.6. The molecule has 0 bridgehead atoms. The molecule has 20 nitrogen and oxygen atoms in total. The van der Waals surface area contributed by atoms with E-state index in [-0.39, 0.29) is 36.2 Å². The number of benzene rings is 1. The molecule has 1 aromatic carbocycles. The summed E-state index contributed by atoms with van der Waals surface area (Å²) in [5.74, 6) is 1.56. The standard InChI is InChI=1S/C19H18ClN5O5.C15H20N6O4.C5H10/c20-14-12-15(23-18(22-14)24-16(28)10-4-2-1-3-5-10)25(9-21-12)17-19(6-7-29-19)13(27)11(8-26)30-17;16-14-18-11(20-3-1-4-20)9-12(19-14)21(7-17-9)13-15(2-5-24-15)10(23)8(6-22)25-13;1-5-3-2-4-5/h1-5,9,11,13,17,26-27H,6-8H2,(H,22,23,24,28);7-8,10,13,22-23H,1-6H2,(H2,16,18,19);5H,2-4H2,1H3/t11?,13?,17?,19-;8?,10?,13?,15-;/m11./s1. The van der Waals surface area contributed by atoms with E-state index in [0.29, 0.717) is 59.8 Å². The van der Waals surface area contributed by atoms with Crippen molar-refractivity contribution in [2.24, 2.45) is 5.92 Å². The Morgan fingerprint density at radius 2 is 1.40 bits per heavy atom. The second-order valence-electron chi connectivity index (χ2n) is 16.0. The number of halogens is 1. The third-order valence-electron chi connectivity index (χ3n) is 12.4. The van der Waals surface area contributed by atoms with E-state index in [4.69, 9.17) is 36.3 Å². The molecule has 6 fully saturated rings. The van der Waals surface area contributed by atoms with Gasteiger partial charge >= 0.3 is 0 Å². The first-order valence-electron chi connectivity index (χ1n) is 20.2. The van der Waals surface area contributed by atoms with Crippen molar-refractivity contribution >= 4 is 57.6 Å². The fourth-order valence-electron chi connectivity index (χ4n) is 8.37. The summed E-state index contributed by atoms with van der Waals surface area (Å²) in [7, 11) is 0. The highest BCUT2D eigenvalue weighted by molar-refractivity contribution is 6.33. The van der Waals surface area contributed by atoms with E-state index in [1.807, 2.05) is 6.07 Å². The Labute approximate surface area is 348 Å². The van der Waals surface area contributed by atoms with Crippen LogP contribution in [0.15, 0.2) is 43.0 Å². The molecule has 9 heterocycles. The van der Waals surface area contributed by atoms with Gasteiger partial charge in [0.15, 0.2) is 40.2 Å². The van der Waals surface area contributed by atoms with E-state index in [0.717, 1.165) is 25.4 Å². The summed E-state index contributed by atoms with van der Waals surface area (Å²) in [5.41, 5.74) is 6.27. The van der Waals surface area contributed by atoms with Crippen LogP contribution in [0.3, 0.4) is 0 Å². The fourth-order valence-corrected chi connectivity index (χ4v) is 8.59. The van der Waals surface area contributed by atoms with Crippen molar-refractivity contribution in [2.45, 2.75) is 93.5 Å². The quantitative estimate of drug-likeness (QED) is 0.128. The number of imidazole rings is 2. The van der Waals surface area contributed by atoms with Gasteiger partial charge in [0.2, 0.25) is 11.9 Å². The van der Waals surface area contributed by atoms with E-state index in [1.54, 1.807) is 39.7 Å². The van der Waals surface area contributed by atoms with Crippen molar-refractivity contribution in [2.75, 3.05) is 55.5 Å². The fraction of sp³-hybridized carbons (Fsp3) is 0.564. The van der Waals surface area contributed by atoms with Gasteiger partial charge in [-0.1, -0.05) is 56.0 Å². The average molecular weight is 850 g/mol. The zero-order valence-corrected chi connectivity index (χ0v) is 33.6. The molecular weight excluding hydrogens is 802 g/mol. The molecular formula is C39H48ClN11O9. The van der Waals surface area contributed by atoms with E-state index < -0.39 is 48.1 Å². The largest absolute Gasteiger partial charge is 0.394 e. The highest BCUT2D eigenvalue weighted by Crippen LogP contribution is 2.50. The van der Waals surface area contributed by atoms with E-state index in [1.165, 1.54) is 25.6 Å². The predicted molar refractivity (Wildman–Crippen MR) is 215 cm³/mol. The summed E-state index contributed by atoms with van der Waals surface area (Å²) >= 11 is 6.28. The molecule has 4 aromatic heterocycles. The summed E-state index contributed by atoms with van der Waals surface area (Å²) in [4.78, 5) is 40.5. The SMILES string of the molecule is CC1CCC1.Nc1nc(N2CCC2)c2ncn(C3OC(CO)C(O)[C@]34CCO4)c2n1.O=C(Nc1nc(Cl)c2ncn(C3OC(CO)C(O)[C@]34CCO4)c2n1)c1ccccc1. The summed E-state index contributed by atoms with van der Waals surface area (Å²) in [5, 5.41) is 42.9. The molecule has 1 aliphatic carbocycles. The number of anilines is 3. The third-order valence-corrected chi connectivity index (χ3v) is 12.6. The predicted octanol–water partition coefficient (Wildman–Crippen LogP) is 1.98. The molecule has 0 radical (unpaired) electrons. The number of hydrogen-bond donors (Lipinski definition) is 6. The Morgan fingerprint density at radius 1 is 0.850 bits per heavy atom. The maximum Gasteiger partial charge on any atom is 0.258 e. The Balaban J connectivity index is 0.000000140. The number of nitrogen functional groups attached to an aromatic ring is 1. The number of nitrogens with two attached hydrogens (primary N) is 1. The smallest absolute Gasteiger partial charge is 0.258 e. The maximum absolute atomic E-state index is 12.5. The van der Waals surface area contributed by atoms with E-state index in [2.05, 4.69) is 47.0 Å². The van der Waals surface area contributed by atoms with Crippen molar-refractivity contribution in [3.05, 3.63) is 53.7 Å². The Hall–Kier alpha value is -4.64. The Kier molecular flexibility index (Phi) is 11.1. The van der Waals surface area contributed by atoms with Gasteiger partial charge in [-0.15, -0.1) is 0 Å². The number of ether oxygens (including phenoxy) is 4. The van der Waals surface area contributed by atoms with Gasteiger partial charge in [0.25, 0.3) is 5.91 Å². The number of hydrogen-bond acceptors (Lipinski definition) is 17. The minimum atomic E-state index is -1.01. The number of nitrogens with one attached hydrogen (secondary N) is 1. The van der Waals surface area contributed by atoms with E-state index >= 15 is 0 Å². The Bertz CT molecular complexity index is 2330. The van der Waals surface area contributed by atoms with Gasteiger partial charge in [-0.3, -0.25) is 19.2 Å². The monoisotopic (exact) mass is 849 g/mol. The van der Waals surface area contributed by atoms with Gasteiger partial charge in [0.05, 0.1) is 39.1 Å². The van der Waals surface area contributed by atoms with Gasteiger partial charge in [-0.05, 0) is 24.5 Å². The number of carbonyl (C=O) groups is 1. The molecule has 5 aliphatic heterocycles. The maximum atomic E-state index is 12.5. The lowest BCUT2D eigenvalue weighted by atomic mass is 9.86.